The number of ether oxygens (including phenoxy) is 2. The quantitative estimate of drug-likeness (QED) is 0.295. The van der Waals surface area contributed by atoms with Crippen LogP contribution in [-0.2, 0) is 0 Å². The number of hydrogen-bond acceptors (Lipinski definition) is 3. The van der Waals surface area contributed by atoms with E-state index in [1.165, 1.54) is 25.7 Å². The Labute approximate surface area is 176 Å². The van der Waals surface area contributed by atoms with Gasteiger partial charge in [-0.25, -0.2) is 0 Å². The lowest BCUT2D eigenvalue weighted by molar-refractivity contribution is 0.102. The zero-order valence-corrected chi connectivity index (χ0v) is 18.0. The molecule has 0 heterocycles. The van der Waals surface area contributed by atoms with Crippen molar-refractivity contribution >= 4 is 27.5 Å². The maximum atomic E-state index is 12.5. The number of carbonyl (C=O) groups is 1. The van der Waals surface area contributed by atoms with E-state index in [9.17, 15) is 4.79 Å². The van der Waals surface area contributed by atoms with Crippen LogP contribution in [0.4, 0.5) is 5.69 Å². The molecule has 2 aromatic carbocycles. The summed E-state index contributed by atoms with van der Waals surface area (Å²) in [5, 5.41) is 2.91. The molecule has 28 heavy (non-hydrogen) atoms. The monoisotopic (exact) mass is 445 g/mol. The van der Waals surface area contributed by atoms with Crippen molar-refractivity contribution in [3.05, 3.63) is 65.2 Å². The molecule has 0 aliphatic rings. The fourth-order valence-corrected chi connectivity index (χ4v) is 3.16. The van der Waals surface area contributed by atoms with Crippen LogP contribution < -0.4 is 14.8 Å². The number of nitrogens with one attached hydrogen (secondary N) is 1. The average molecular weight is 446 g/mol. The Morgan fingerprint density at radius 3 is 2.68 bits per heavy atom. The first-order chi connectivity index (χ1) is 13.6. The predicted octanol–water partition coefficient (Wildman–Crippen LogP) is 6.62. The van der Waals surface area contributed by atoms with Crippen LogP contribution in [0.2, 0.25) is 0 Å². The summed E-state index contributed by atoms with van der Waals surface area (Å²) in [6.45, 7) is 6.94. The van der Waals surface area contributed by atoms with Crippen LogP contribution in [0.5, 0.6) is 11.5 Å². The Morgan fingerprint density at radius 2 is 1.93 bits per heavy atom. The highest BCUT2D eigenvalue weighted by Crippen LogP contribution is 2.27. The first-order valence-electron chi connectivity index (χ1n) is 9.71. The topological polar surface area (TPSA) is 47.6 Å². The standard InChI is InChI=1S/C23H28BrNO3/c1-3-5-6-7-8-15-27-20-11-9-10-19(17-20)25-23(26)18-12-13-22(21(24)16-18)28-14-4-2/h4,9-13,16-17H,2-3,5-8,14-15H2,1H3,(H,25,26). The largest absolute Gasteiger partial charge is 0.494 e. The summed E-state index contributed by atoms with van der Waals surface area (Å²) in [5.74, 6) is 1.25. The molecule has 0 saturated carbocycles. The van der Waals surface area contributed by atoms with Gasteiger partial charge in [-0.05, 0) is 52.7 Å². The fourth-order valence-electron chi connectivity index (χ4n) is 2.67. The summed E-state index contributed by atoms with van der Waals surface area (Å²) in [5.41, 5.74) is 1.25. The second kappa shape index (κ2) is 12.2. The lowest BCUT2D eigenvalue weighted by Crippen LogP contribution is -2.12. The molecule has 1 amide bonds. The van der Waals surface area contributed by atoms with Gasteiger partial charge in [0.1, 0.15) is 18.1 Å². The zero-order chi connectivity index (χ0) is 20.2. The third-order valence-corrected chi connectivity index (χ3v) is 4.78. The molecule has 0 saturated heterocycles. The summed E-state index contributed by atoms with van der Waals surface area (Å²) >= 11 is 3.43. The summed E-state index contributed by atoms with van der Waals surface area (Å²) in [6, 6.07) is 12.7. The van der Waals surface area contributed by atoms with Gasteiger partial charge < -0.3 is 14.8 Å². The number of hydrogen-bond donors (Lipinski definition) is 1. The normalized spacial score (nSPS) is 10.4. The minimum absolute atomic E-state index is 0.187. The smallest absolute Gasteiger partial charge is 0.255 e. The SMILES string of the molecule is C=CCOc1ccc(C(=O)Nc2cccc(OCCCCCCC)c2)cc1Br. The number of benzene rings is 2. The van der Waals surface area contributed by atoms with E-state index >= 15 is 0 Å². The minimum Gasteiger partial charge on any atom is -0.494 e. The predicted molar refractivity (Wildman–Crippen MR) is 118 cm³/mol. The van der Waals surface area contributed by atoms with E-state index in [1.807, 2.05) is 24.3 Å². The van der Waals surface area contributed by atoms with Crippen molar-refractivity contribution < 1.29 is 14.3 Å². The summed E-state index contributed by atoms with van der Waals surface area (Å²) in [6.07, 6.45) is 7.68. The highest BCUT2D eigenvalue weighted by atomic mass is 79.9. The molecule has 4 nitrogen and oxygen atoms in total. The van der Waals surface area contributed by atoms with E-state index in [0.29, 0.717) is 30.2 Å². The van der Waals surface area contributed by atoms with Crippen LogP contribution in [0.15, 0.2) is 59.6 Å². The molecule has 0 atom stereocenters. The van der Waals surface area contributed by atoms with Gasteiger partial charge in [0.15, 0.2) is 0 Å². The number of halogens is 1. The number of carbonyl (C=O) groups excluding carboxylic acids is 1. The van der Waals surface area contributed by atoms with Crippen molar-refractivity contribution in [1.82, 2.24) is 0 Å². The third kappa shape index (κ3) is 7.39. The average Bonchev–Trinajstić information content (AvgIpc) is 2.70. The van der Waals surface area contributed by atoms with Gasteiger partial charge in [-0.1, -0.05) is 51.3 Å². The van der Waals surface area contributed by atoms with Gasteiger partial charge in [0.05, 0.1) is 11.1 Å². The van der Waals surface area contributed by atoms with Crippen molar-refractivity contribution in [1.29, 1.82) is 0 Å². The summed E-state index contributed by atoms with van der Waals surface area (Å²) < 4.78 is 12.0. The van der Waals surface area contributed by atoms with Gasteiger partial charge in [-0.2, -0.15) is 0 Å². The highest BCUT2D eigenvalue weighted by molar-refractivity contribution is 9.10. The lowest BCUT2D eigenvalue weighted by Gasteiger charge is -2.11. The van der Waals surface area contributed by atoms with E-state index in [0.717, 1.165) is 16.6 Å². The Morgan fingerprint density at radius 1 is 1.11 bits per heavy atom. The van der Waals surface area contributed by atoms with Gasteiger partial charge in [0.25, 0.3) is 5.91 Å². The molecule has 0 fully saturated rings. The molecule has 0 spiro atoms. The summed E-state index contributed by atoms with van der Waals surface area (Å²) in [7, 11) is 0. The minimum atomic E-state index is -0.187. The van der Waals surface area contributed by atoms with Crippen molar-refractivity contribution in [2.75, 3.05) is 18.5 Å². The molecule has 0 bridgehead atoms. The molecular formula is C23H28BrNO3. The lowest BCUT2D eigenvalue weighted by atomic mass is 10.2. The van der Waals surface area contributed by atoms with E-state index < -0.39 is 0 Å². The first-order valence-corrected chi connectivity index (χ1v) is 10.5. The molecule has 0 unspecified atom stereocenters. The number of amides is 1. The van der Waals surface area contributed by atoms with Gasteiger partial charge in [-0.3, -0.25) is 4.79 Å². The van der Waals surface area contributed by atoms with E-state index in [-0.39, 0.29) is 5.91 Å². The van der Waals surface area contributed by atoms with Gasteiger partial charge >= 0.3 is 0 Å². The first kappa shape index (κ1) is 22.0. The molecule has 2 rings (SSSR count). The van der Waals surface area contributed by atoms with E-state index in [2.05, 4.69) is 34.7 Å². The van der Waals surface area contributed by atoms with Crippen LogP contribution >= 0.6 is 15.9 Å². The van der Waals surface area contributed by atoms with Crippen LogP contribution in [0.25, 0.3) is 0 Å². The molecule has 0 aliphatic heterocycles. The Balaban J connectivity index is 1.89. The number of anilines is 1. The van der Waals surface area contributed by atoms with Crippen molar-refractivity contribution in [2.45, 2.75) is 39.0 Å². The Bertz CT molecular complexity index is 776. The summed E-state index contributed by atoms with van der Waals surface area (Å²) in [4.78, 5) is 12.5. The third-order valence-electron chi connectivity index (χ3n) is 4.16. The fraction of sp³-hybridized carbons (Fsp3) is 0.348. The molecule has 0 radical (unpaired) electrons. The van der Waals surface area contributed by atoms with Crippen molar-refractivity contribution in [2.24, 2.45) is 0 Å². The highest BCUT2D eigenvalue weighted by Gasteiger charge is 2.10. The zero-order valence-electron chi connectivity index (χ0n) is 16.4. The molecule has 150 valence electrons. The van der Waals surface area contributed by atoms with E-state index in [1.54, 1.807) is 24.3 Å². The molecule has 2 aromatic rings. The van der Waals surface area contributed by atoms with Gasteiger partial charge in [0.2, 0.25) is 0 Å². The number of unbranched alkanes of at least 4 members (excludes halogenated alkanes) is 4. The maximum Gasteiger partial charge on any atom is 0.255 e. The molecular weight excluding hydrogens is 418 g/mol. The Hall–Kier alpha value is -2.27. The van der Waals surface area contributed by atoms with Gasteiger partial charge in [-0.15, -0.1) is 0 Å². The molecule has 0 aromatic heterocycles. The van der Waals surface area contributed by atoms with Gasteiger partial charge in [0, 0.05) is 17.3 Å². The van der Waals surface area contributed by atoms with E-state index in [4.69, 9.17) is 9.47 Å². The second-order valence-electron chi connectivity index (χ2n) is 6.49. The van der Waals surface area contributed by atoms with Crippen LogP contribution in [0.1, 0.15) is 49.4 Å². The van der Waals surface area contributed by atoms with Crippen LogP contribution in [-0.4, -0.2) is 19.1 Å². The van der Waals surface area contributed by atoms with Crippen molar-refractivity contribution in [3.63, 3.8) is 0 Å². The van der Waals surface area contributed by atoms with Crippen LogP contribution in [0, 0.1) is 0 Å². The molecule has 0 aliphatic carbocycles. The maximum absolute atomic E-state index is 12.5. The molecule has 5 heteroatoms. The Kier molecular flexibility index (Phi) is 9.63. The molecule has 1 N–H and O–H groups in total. The second-order valence-corrected chi connectivity index (χ2v) is 7.34. The van der Waals surface area contributed by atoms with Crippen LogP contribution in [0.3, 0.4) is 0 Å². The van der Waals surface area contributed by atoms with Crippen molar-refractivity contribution in [3.8, 4) is 11.5 Å². The number of rotatable bonds is 12.